The number of hydrogen-bond acceptors (Lipinski definition) is 6. The molecule has 0 heterocycles. The van der Waals surface area contributed by atoms with Crippen molar-refractivity contribution in [1.29, 1.82) is 0 Å². The summed E-state index contributed by atoms with van der Waals surface area (Å²) in [5.74, 6) is -4.25. The molecule has 0 aliphatic heterocycles. The summed E-state index contributed by atoms with van der Waals surface area (Å²) >= 11 is 0. The molecule has 0 saturated heterocycles. The van der Waals surface area contributed by atoms with Crippen LogP contribution in [0.4, 0.5) is 0 Å². The van der Waals surface area contributed by atoms with E-state index in [-0.39, 0.29) is 12.8 Å². The molecule has 4 N–H and O–H groups in total. The standard InChI is InChI=1S/C8H14N2O7S/c1-17-7(12)4-18(15,16)10-5(8(13)14)2-3-6(9)11/h5,10H,2-4H2,1H3,(H2,9,11)(H,13,14)/t5-/m1/s1. The summed E-state index contributed by atoms with van der Waals surface area (Å²) in [5.41, 5.74) is 4.82. The molecule has 0 aromatic rings. The molecule has 0 fully saturated rings. The number of nitrogens with two attached hydrogens (primary N) is 1. The van der Waals surface area contributed by atoms with Crippen LogP contribution in [-0.4, -0.2) is 50.3 Å². The first-order valence-electron chi connectivity index (χ1n) is 4.76. The quantitative estimate of drug-likeness (QED) is 0.427. The average molecular weight is 282 g/mol. The number of esters is 1. The second-order valence-electron chi connectivity index (χ2n) is 3.35. The van der Waals surface area contributed by atoms with Gasteiger partial charge in [0.15, 0.2) is 5.75 Å². The lowest BCUT2D eigenvalue weighted by Crippen LogP contribution is -2.43. The van der Waals surface area contributed by atoms with Crippen LogP contribution in [0.2, 0.25) is 0 Å². The summed E-state index contributed by atoms with van der Waals surface area (Å²) < 4.78 is 28.7. The van der Waals surface area contributed by atoms with Gasteiger partial charge in [-0.2, -0.15) is 0 Å². The van der Waals surface area contributed by atoms with E-state index in [1.165, 1.54) is 0 Å². The van der Waals surface area contributed by atoms with E-state index in [9.17, 15) is 22.8 Å². The molecule has 0 aromatic heterocycles. The third-order valence-corrected chi connectivity index (χ3v) is 3.09. The Kier molecular flexibility index (Phi) is 6.27. The van der Waals surface area contributed by atoms with Crippen LogP contribution in [0.25, 0.3) is 0 Å². The summed E-state index contributed by atoms with van der Waals surface area (Å²) in [4.78, 5) is 32.0. The molecule has 0 saturated carbocycles. The molecule has 0 radical (unpaired) electrons. The van der Waals surface area contributed by atoms with Gasteiger partial charge in [0, 0.05) is 6.42 Å². The predicted molar refractivity (Wildman–Crippen MR) is 58.8 cm³/mol. The number of primary amides is 1. The molecule has 0 bridgehead atoms. The number of aliphatic carboxylic acids is 1. The molecule has 9 nitrogen and oxygen atoms in total. The number of amides is 1. The number of carboxylic acids is 1. The lowest BCUT2D eigenvalue weighted by atomic mass is 10.2. The Labute approximate surface area is 103 Å². The van der Waals surface area contributed by atoms with Crippen molar-refractivity contribution < 1.29 is 32.6 Å². The number of carbonyl (C=O) groups excluding carboxylic acids is 2. The molecule has 1 amide bonds. The molecule has 10 heteroatoms. The van der Waals surface area contributed by atoms with E-state index in [1.54, 1.807) is 4.72 Å². The maximum Gasteiger partial charge on any atom is 0.322 e. The Morgan fingerprint density at radius 3 is 2.33 bits per heavy atom. The highest BCUT2D eigenvalue weighted by Gasteiger charge is 2.26. The minimum absolute atomic E-state index is 0.294. The number of nitrogens with one attached hydrogen (secondary N) is 1. The highest BCUT2D eigenvalue weighted by molar-refractivity contribution is 7.90. The number of ether oxygens (including phenoxy) is 1. The minimum atomic E-state index is -4.14. The largest absolute Gasteiger partial charge is 0.480 e. The number of carboxylic acid groups (broad SMARTS) is 1. The van der Waals surface area contributed by atoms with Crippen molar-refractivity contribution in [2.45, 2.75) is 18.9 Å². The van der Waals surface area contributed by atoms with E-state index in [4.69, 9.17) is 10.8 Å². The SMILES string of the molecule is COC(=O)CS(=O)(=O)N[C@H](CCC(N)=O)C(=O)O. The van der Waals surface area contributed by atoms with Gasteiger partial charge in [-0.25, -0.2) is 13.1 Å². The first-order valence-corrected chi connectivity index (χ1v) is 6.41. The Morgan fingerprint density at radius 2 is 1.94 bits per heavy atom. The predicted octanol–water partition coefficient (Wildman–Crippen LogP) is -2.20. The van der Waals surface area contributed by atoms with Crippen LogP contribution < -0.4 is 10.5 Å². The summed E-state index contributed by atoms with van der Waals surface area (Å²) in [7, 11) is -3.14. The molecule has 0 aliphatic carbocycles. The lowest BCUT2D eigenvalue weighted by Gasteiger charge is -2.13. The molecule has 0 aromatic carbocycles. The fourth-order valence-electron chi connectivity index (χ4n) is 0.992. The lowest BCUT2D eigenvalue weighted by molar-refractivity contribution is -0.140. The van der Waals surface area contributed by atoms with E-state index in [1.807, 2.05) is 0 Å². The first-order chi connectivity index (χ1) is 8.18. The van der Waals surface area contributed by atoms with Crippen molar-refractivity contribution in [2.24, 2.45) is 5.73 Å². The van der Waals surface area contributed by atoms with E-state index < -0.39 is 39.7 Å². The zero-order valence-electron chi connectivity index (χ0n) is 9.58. The summed E-state index contributed by atoms with van der Waals surface area (Å²) in [6.45, 7) is 0. The van der Waals surface area contributed by atoms with Crippen molar-refractivity contribution >= 4 is 27.9 Å². The van der Waals surface area contributed by atoms with Crippen LogP contribution in [0.5, 0.6) is 0 Å². The molecule has 18 heavy (non-hydrogen) atoms. The summed E-state index contributed by atoms with van der Waals surface area (Å²) in [6, 6.07) is -1.52. The van der Waals surface area contributed by atoms with Gasteiger partial charge in [-0.15, -0.1) is 0 Å². The van der Waals surface area contributed by atoms with Crippen LogP contribution in [-0.2, 0) is 29.1 Å². The Balaban J connectivity index is 4.62. The van der Waals surface area contributed by atoms with Gasteiger partial charge in [-0.1, -0.05) is 0 Å². The van der Waals surface area contributed by atoms with Gasteiger partial charge >= 0.3 is 11.9 Å². The molecule has 1 atom stereocenters. The highest BCUT2D eigenvalue weighted by Crippen LogP contribution is 2.00. The average Bonchev–Trinajstić information content (AvgIpc) is 2.22. The maximum absolute atomic E-state index is 11.4. The highest BCUT2D eigenvalue weighted by atomic mass is 32.2. The van der Waals surface area contributed by atoms with E-state index in [0.717, 1.165) is 7.11 Å². The zero-order chi connectivity index (χ0) is 14.3. The third-order valence-electron chi connectivity index (χ3n) is 1.83. The van der Waals surface area contributed by atoms with Gasteiger partial charge in [-0.3, -0.25) is 14.4 Å². The van der Waals surface area contributed by atoms with Crippen LogP contribution in [0.15, 0.2) is 0 Å². The summed E-state index contributed by atoms with van der Waals surface area (Å²) in [5, 5.41) is 8.75. The monoisotopic (exact) mass is 282 g/mol. The van der Waals surface area contributed by atoms with Crippen LogP contribution in [0.1, 0.15) is 12.8 Å². The molecule has 0 unspecified atom stereocenters. The van der Waals surface area contributed by atoms with Gasteiger partial charge in [0.1, 0.15) is 6.04 Å². The Morgan fingerprint density at radius 1 is 1.39 bits per heavy atom. The van der Waals surface area contributed by atoms with Crippen molar-refractivity contribution in [2.75, 3.05) is 12.9 Å². The van der Waals surface area contributed by atoms with Crippen LogP contribution in [0.3, 0.4) is 0 Å². The second-order valence-corrected chi connectivity index (χ2v) is 5.10. The van der Waals surface area contributed by atoms with E-state index in [2.05, 4.69) is 4.74 Å². The van der Waals surface area contributed by atoms with Gasteiger partial charge in [0.05, 0.1) is 7.11 Å². The molecular formula is C8H14N2O7S. The van der Waals surface area contributed by atoms with Crippen LogP contribution in [0, 0.1) is 0 Å². The zero-order valence-corrected chi connectivity index (χ0v) is 10.4. The maximum atomic E-state index is 11.4. The van der Waals surface area contributed by atoms with Gasteiger partial charge in [-0.05, 0) is 6.42 Å². The second kappa shape index (κ2) is 6.91. The fraction of sp³-hybridized carbons (Fsp3) is 0.625. The molecular weight excluding hydrogens is 268 g/mol. The molecule has 0 aliphatic rings. The topological polar surface area (TPSA) is 153 Å². The summed E-state index contributed by atoms with van der Waals surface area (Å²) in [6.07, 6.45) is -0.594. The van der Waals surface area contributed by atoms with Crippen molar-refractivity contribution in [3.8, 4) is 0 Å². The smallest absolute Gasteiger partial charge is 0.322 e. The van der Waals surface area contributed by atoms with E-state index in [0.29, 0.717) is 0 Å². The molecule has 0 rings (SSSR count). The van der Waals surface area contributed by atoms with Gasteiger partial charge in [0.25, 0.3) is 0 Å². The molecule has 0 spiro atoms. The Hall–Kier alpha value is -1.68. The minimum Gasteiger partial charge on any atom is -0.480 e. The molecule has 104 valence electrons. The fourth-order valence-corrected chi connectivity index (χ4v) is 2.16. The normalized spacial score (nSPS) is 12.7. The van der Waals surface area contributed by atoms with Crippen LogP contribution >= 0.6 is 0 Å². The number of methoxy groups -OCH3 is 1. The van der Waals surface area contributed by atoms with E-state index >= 15 is 0 Å². The van der Waals surface area contributed by atoms with Gasteiger partial charge < -0.3 is 15.6 Å². The van der Waals surface area contributed by atoms with Crippen molar-refractivity contribution in [3.63, 3.8) is 0 Å². The first kappa shape index (κ1) is 16.3. The number of rotatable bonds is 8. The third kappa shape index (κ3) is 6.81. The number of sulfonamides is 1. The van der Waals surface area contributed by atoms with Crippen molar-refractivity contribution in [1.82, 2.24) is 4.72 Å². The number of carbonyl (C=O) groups is 3. The Bertz CT molecular complexity index is 431. The number of hydrogen-bond donors (Lipinski definition) is 3. The van der Waals surface area contributed by atoms with Gasteiger partial charge in [0.2, 0.25) is 15.9 Å². The van der Waals surface area contributed by atoms with Crippen molar-refractivity contribution in [3.05, 3.63) is 0 Å².